The van der Waals surface area contributed by atoms with Gasteiger partial charge in [0.15, 0.2) is 0 Å². The summed E-state index contributed by atoms with van der Waals surface area (Å²) in [6, 6.07) is 12.2. The van der Waals surface area contributed by atoms with E-state index >= 15 is 0 Å². The molecule has 5 rings (SSSR count). The Labute approximate surface area is 213 Å². The van der Waals surface area contributed by atoms with E-state index < -0.39 is 11.7 Å². The third-order valence-electron chi connectivity index (χ3n) is 6.64. The Hall–Kier alpha value is -2.77. The summed E-state index contributed by atoms with van der Waals surface area (Å²) >= 11 is 7.61. The minimum absolute atomic E-state index is 0.0904. The maximum absolute atomic E-state index is 13.8. The van der Waals surface area contributed by atoms with Crippen molar-refractivity contribution < 1.29 is 14.0 Å². The summed E-state index contributed by atoms with van der Waals surface area (Å²) in [4.78, 5) is 34.1. The Bertz CT molecular complexity index is 1270. The zero-order chi connectivity index (χ0) is 24.5. The van der Waals surface area contributed by atoms with E-state index in [1.165, 1.54) is 18.2 Å². The quantitative estimate of drug-likeness (QED) is 0.427. The molecule has 1 aliphatic heterocycles. The normalized spacial score (nSPS) is 17.9. The molecule has 1 saturated heterocycles. The number of rotatable bonds is 6. The van der Waals surface area contributed by atoms with Gasteiger partial charge in [-0.1, -0.05) is 47.5 Å². The second kappa shape index (κ2) is 10.1. The van der Waals surface area contributed by atoms with Gasteiger partial charge in [0.25, 0.3) is 11.8 Å². The zero-order valence-electron chi connectivity index (χ0n) is 19.5. The van der Waals surface area contributed by atoms with Crippen LogP contribution in [0.25, 0.3) is 10.4 Å². The van der Waals surface area contributed by atoms with Crippen molar-refractivity contribution in [3.05, 3.63) is 75.1 Å². The molecular formula is C27H27ClFN3O2S. The Kier molecular flexibility index (Phi) is 6.89. The number of aromatic nitrogens is 1. The first-order valence-electron chi connectivity index (χ1n) is 12.0. The predicted molar refractivity (Wildman–Crippen MR) is 137 cm³/mol. The maximum atomic E-state index is 13.8. The van der Waals surface area contributed by atoms with E-state index in [2.05, 4.69) is 11.4 Å². The van der Waals surface area contributed by atoms with Crippen LogP contribution in [0.1, 0.15) is 69.4 Å². The molecule has 2 amide bonds. The molecule has 2 aliphatic rings. The van der Waals surface area contributed by atoms with Gasteiger partial charge in [0.2, 0.25) is 0 Å². The molecule has 0 bridgehead atoms. The number of carbonyl (C=O) groups excluding carboxylic acids is 2. The van der Waals surface area contributed by atoms with E-state index in [1.54, 1.807) is 11.3 Å². The molecule has 2 heterocycles. The maximum Gasteiger partial charge on any atom is 0.274 e. The molecule has 1 atom stereocenters. The number of piperidine rings is 1. The third-order valence-corrected chi connectivity index (χ3v) is 8.29. The first-order valence-corrected chi connectivity index (χ1v) is 13.2. The highest BCUT2D eigenvalue weighted by atomic mass is 35.5. The van der Waals surface area contributed by atoms with Crippen molar-refractivity contribution in [2.45, 2.75) is 51.0 Å². The topological polar surface area (TPSA) is 62.3 Å². The number of halogens is 2. The smallest absolute Gasteiger partial charge is 0.274 e. The van der Waals surface area contributed by atoms with Crippen molar-refractivity contribution >= 4 is 34.8 Å². The molecule has 2 fully saturated rings. The fourth-order valence-corrected chi connectivity index (χ4v) is 6.00. The van der Waals surface area contributed by atoms with Gasteiger partial charge in [0.1, 0.15) is 11.5 Å². The van der Waals surface area contributed by atoms with Crippen LogP contribution in [0, 0.1) is 12.7 Å². The van der Waals surface area contributed by atoms with Crippen LogP contribution in [0.5, 0.6) is 0 Å². The Morgan fingerprint density at radius 1 is 1.17 bits per heavy atom. The second-order valence-corrected chi connectivity index (χ2v) is 10.7. The summed E-state index contributed by atoms with van der Waals surface area (Å²) < 4.78 is 13.8. The average molecular weight is 512 g/mol. The van der Waals surface area contributed by atoms with Crippen molar-refractivity contribution in [3.63, 3.8) is 0 Å². The van der Waals surface area contributed by atoms with Crippen LogP contribution in [0.4, 0.5) is 4.39 Å². The number of benzene rings is 2. The molecule has 0 spiro atoms. The Morgan fingerprint density at radius 2 is 1.97 bits per heavy atom. The van der Waals surface area contributed by atoms with E-state index in [9.17, 15) is 14.0 Å². The van der Waals surface area contributed by atoms with Gasteiger partial charge < -0.3 is 10.2 Å². The van der Waals surface area contributed by atoms with Crippen LogP contribution in [0.15, 0.2) is 42.5 Å². The van der Waals surface area contributed by atoms with Crippen LogP contribution in [-0.4, -0.2) is 40.8 Å². The van der Waals surface area contributed by atoms with E-state index in [0.717, 1.165) is 53.1 Å². The monoisotopic (exact) mass is 511 g/mol. The molecule has 1 aromatic heterocycles. The van der Waals surface area contributed by atoms with Crippen molar-refractivity contribution in [3.8, 4) is 10.4 Å². The lowest BCUT2D eigenvalue weighted by molar-refractivity contribution is 0.0598. The van der Waals surface area contributed by atoms with Gasteiger partial charge in [-0.15, -0.1) is 11.3 Å². The van der Waals surface area contributed by atoms with Crippen LogP contribution in [-0.2, 0) is 0 Å². The lowest BCUT2D eigenvalue weighted by Crippen LogP contribution is -2.49. The summed E-state index contributed by atoms with van der Waals surface area (Å²) in [5.74, 6) is -0.713. The molecule has 0 unspecified atom stereocenters. The fourth-order valence-electron chi connectivity index (χ4n) is 4.57. The van der Waals surface area contributed by atoms with Gasteiger partial charge >= 0.3 is 0 Å². The minimum Gasteiger partial charge on any atom is -0.350 e. The van der Waals surface area contributed by atoms with Gasteiger partial charge in [-0.05, 0) is 56.7 Å². The summed E-state index contributed by atoms with van der Waals surface area (Å²) in [5, 5.41) is 3.70. The molecule has 1 saturated carbocycles. The number of thiazole rings is 1. The first kappa shape index (κ1) is 23.9. The third kappa shape index (κ3) is 5.11. The lowest BCUT2D eigenvalue weighted by atomic mass is 10.0. The number of nitrogens with zero attached hydrogens (tertiary/aromatic N) is 2. The van der Waals surface area contributed by atoms with E-state index in [0.29, 0.717) is 18.2 Å². The molecule has 8 heteroatoms. The van der Waals surface area contributed by atoms with Gasteiger partial charge in [-0.3, -0.25) is 9.59 Å². The molecular weight excluding hydrogens is 485 g/mol. The highest BCUT2D eigenvalue weighted by molar-refractivity contribution is 7.15. The van der Waals surface area contributed by atoms with Gasteiger partial charge in [-0.2, -0.15) is 0 Å². The molecule has 3 aromatic rings. The van der Waals surface area contributed by atoms with Gasteiger partial charge in [-0.25, -0.2) is 9.37 Å². The van der Waals surface area contributed by atoms with Crippen LogP contribution < -0.4 is 5.32 Å². The Morgan fingerprint density at radius 3 is 2.74 bits per heavy atom. The summed E-state index contributed by atoms with van der Waals surface area (Å²) in [6.45, 7) is 2.93. The standard InChI is InChI=1S/C27H27ClFN3O2S/c1-16-6-4-7-18(14-16)24-23(31-26(35-24)17-11-12-17)27(34)32-13-3-2-8-19(32)15-30-25(33)20-9-5-10-21(29)22(20)28/h4-7,9-10,14,17,19H,2-3,8,11-13,15H2,1H3,(H,30,33)/t19-/m0/s1. The van der Waals surface area contributed by atoms with Crippen LogP contribution >= 0.6 is 22.9 Å². The van der Waals surface area contributed by atoms with Gasteiger partial charge in [0, 0.05) is 25.0 Å². The number of amides is 2. The number of hydrogen-bond donors (Lipinski definition) is 1. The van der Waals surface area contributed by atoms with Crippen molar-refractivity contribution in [2.24, 2.45) is 0 Å². The minimum atomic E-state index is -0.632. The van der Waals surface area contributed by atoms with Gasteiger partial charge in [0.05, 0.1) is 20.5 Å². The average Bonchev–Trinajstić information content (AvgIpc) is 3.62. The van der Waals surface area contributed by atoms with Crippen molar-refractivity contribution in [1.82, 2.24) is 15.2 Å². The van der Waals surface area contributed by atoms with Crippen LogP contribution in [0.2, 0.25) is 5.02 Å². The number of nitrogens with one attached hydrogen (secondary N) is 1. The van der Waals surface area contributed by atoms with E-state index in [-0.39, 0.29) is 29.1 Å². The number of hydrogen-bond acceptors (Lipinski definition) is 4. The lowest BCUT2D eigenvalue weighted by Gasteiger charge is -2.35. The fraction of sp³-hybridized carbons (Fsp3) is 0.370. The van der Waals surface area contributed by atoms with E-state index in [1.807, 2.05) is 30.0 Å². The molecule has 2 aromatic carbocycles. The predicted octanol–water partition coefficient (Wildman–Crippen LogP) is 6.21. The van der Waals surface area contributed by atoms with E-state index in [4.69, 9.17) is 16.6 Å². The highest BCUT2D eigenvalue weighted by Crippen LogP contribution is 2.45. The summed E-state index contributed by atoms with van der Waals surface area (Å²) in [5.41, 5.74) is 2.75. The van der Waals surface area contributed by atoms with Crippen molar-refractivity contribution in [1.29, 1.82) is 0 Å². The molecule has 1 N–H and O–H groups in total. The summed E-state index contributed by atoms with van der Waals surface area (Å²) in [7, 11) is 0. The molecule has 182 valence electrons. The number of carbonyl (C=O) groups is 2. The molecule has 5 nitrogen and oxygen atoms in total. The SMILES string of the molecule is Cc1cccc(-c2sc(C3CC3)nc2C(=O)N2CCCC[C@H]2CNC(=O)c2cccc(F)c2Cl)c1. The molecule has 35 heavy (non-hydrogen) atoms. The zero-order valence-corrected chi connectivity index (χ0v) is 21.1. The molecule has 0 radical (unpaired) electrons. The largest absolute Gasteiger partial charge is 0.350 e. The molecule has 1 aliphatic carbocycles. The number of likely N-dealkylation sites (tertiary alicyclic amines) is 1. The Balaban J connectivity index is 1.38. The van der Waals surface area contributed by atoms with Crippen LogP contribution in [0.3, 0.4) is 0 Å². The first-order chi connectivity index (χ1) is 16.9. The number of aryl methyl sites for hydroxylation is 1. The highest BCUT2D eigenvalue weighted by Gasteiger charge is 2.34. The van der Waals surface area contributed by atoms with Crippen molar-refractivity contribution in [2.75, 3.05) is 13.1 Å². The summed E-state index contributed by atoms with van der Waals surface area (Å²) in [6.07, 6.45) is 4.90. The second-order valence-electron chi connectivity index (χ2n) is 9.33.